The lowest BCUT2D eigenvalue weighted by molar-refractivity contribution is -0.137. The van der Waals surface area contributed by atoms with E-state index in [0.717, 1.165) is 12.1 Å². The van der Waals surface area contributed by atoms with Crippen LogP contribution in [-0.2, 0) is 18.0 Å². The molecule has 0 fully saturated rings. The first-order chi connectivity index (χ1) is 13.3. The standard InChI is InChI=1S/C19H15ClF3N3OS/c1-26-10-9-24-18(26)28-16(12-5-3-2-4-6-12)17(27)25-13-7-8-15(20)14(11-13)19(21,22)23/h2-11,16H,1H3,(H,25,27)/t16-/m0/s1. The molecule has 3 rings (SSSR count). The van der Waals surface area contributed by atoms with Crippen molar-refractivity contribution in [1.82, 2.24) is 9.55 Å². The van der Waals surface area contributed by atoms with Gasteiger partial charge in [0.15, 0.2) is 5.16 Å². The van der Waals surface area contributed by atoms with Crippen LogP contribution in [0.5, 0.6) is 0 Å². The van der Waals surface area contributed by atoms with Gasteiger partial charge in [-0.15, -0.1) is 0 Å². The number of aromatic nitrogens is 2. The van der Waals surface area contributed by atoms with E-state index in [4.69, 9.17) is 11.6 Å². The van der Waals surface area contributed by atoms with Crippen LogP contribution in [-0.4, -0.2) is 15.5 Å². The van der Waals surface area contributed by atoms with Crippen LogP contribution in [0, 0.1) is 0 Å². The van der Waals surface area contributed by atoms with Gasteiger partial charge in [-0.2, -0.15) is 13.2 Å². The van der Waals surface area contributed by atoms with Gasteiger partial charge in [-0.25, -0.2) is 4.98 Å². The van der Waals surface area contributed by atoms with Crippen LogP contribution in [0.3, 0.4) is 0 Å². The molecule has 0 aliphatic heterocycles. The monoisotopic (exact) mass is 425 g/mol. The van der Waals surface area contributed by atoms with E-state index in [0.29, 0.717) is 10.7 Å². The summed E-state index contributed by atoms with van der Waals surface area (Å²) >= 11 is 6.85. The van der Waals surface area contributed by atoms with Crippen molar-refractivity contribution in [3.8, 4) is 0 Å². The van der Waals surface area contributed by atoms with E-state index in [1.807, 2.05) is 6.07 Å². The van der Waals surface area contributed by atoms with Gasteiger partial charge >= 0.3 is 6.18 Å². The zero-order valence-corrected chi connectivity index (χ0v) is 16.1. The molecule has 4 nitrogen and oxygen atoms in total. The predicted molar refractivity (Wildman–Crippen MR) is 103 cm³/mol. The first kappa shape index (κ1) is 20.3. The van der Waals surface area contributed by atoms with Crippen LogP contribution in [0.1, 0.15) is 16.4 Å². The lowest BCUT2D eigenvalue weighted by atomic mass is 10.1. The summed E-state index contributed by atoms with van der Waals surface area (Å²) in [6, 6.07) is 12.2. The number of halogens is 4. The zero-order chi connectivity index (χ0) is 20.3. The molecule has 0 aliphatic rings. The molecular formula is C19H15ClF3N3OS. The SMILES string of the molecule is Cn1ccnc1S[C@H](C(=O)Nc1ccc(Cl)c(C(F)(F)F)c1)c1ccccc1. The second-order valence-electron chi connectivity index (χ2n) is 5.91. The highest BCUT2D eigenvalue weighted by atomic mass is 35.5. The number of benzene rings is 2. The van der Waals surface area contributed by atoms with Gasteiger partial charge in [-0.3, -0.25) is 4.79 Å². The molecule has 9 heteroatoms. The quantitative estimate of drug-likeness (QED) is 0.544. The molecule has 0 bridgehead atoms. The first-order valence-electron chi connectivity index (χ1n) is 8.12. The van der Waals surface area contributed by atoms with Crippen molar-refractivity contribution < 1.29 is 18.0 Å². The second kappa shape index (κ2) is 8.28. The molecule has 3 aromatic rings. The number of nitrogens with zero attached hydrogens (tertiary/aromatic N) is 2. The van der Waals surface area contributed by atoms with Crippen molar-refractivity contribution in [2.24, 2.45) is 7.05 Å². The number of hydrogen-bond donors (Lipinski definition) is 1. The number of alkyl halides is 3. The Kier molecular flexibility index (Phi) is 6.00. The minimum absolute atomic E-state index is 0.0168. The maximum absolute atomic E-state index is 13.1. The molecule has 146 valence electrons. The Morgan fingerprint density at radius 2 is 1.93 bits per heavy atom. The Bertz CT molecular complexity index is 976. The summed E-state index contributed by atoms with van der Waals surface area (Å²) in [6.45, 7) is 0. The van der Waals surface area contributed by atoms with Gasteiger partial charge in [0.2, 0.25) is 5.91 Å². The number of aryl methyl sites for hydroxylation is 1. The Balaban J connectivity index is 1.89. The lowest BCUT2D eigenvalue weighted by Gasteiger charge is -2.17. The van der Waals surface area contributed by atoms with Crippen molar-refractivity contribution in [3.05, 3.63) is 77.1 Å². The normalized spacial score (nSPS) is 12.6. The summed E-state index contributed by atoms with van der Waals surface area (Å²) < 4.78 is 41.0. The average molecular weight is 426 g/mol. The molecular weight excluding hydrogens is 411 g/mol. The summed E-state index contributed by atoms with van der Waals surface area (Å²) in [4.78, 5) is 17.1. The number of carbonyl (C=O) groups is 1. The fraction of sp³-hybridized carbons (Fsp3) is 0.158. The minimum Gasteiger partial charge on any atom is -0.329 e. The van der Waals surface area contributed by atoms with Crippen LogP contribution >= 0.6 is 23.4 Å². The van der Waals surface area contributed by atoms with Crippen molar-refractivity contribution >= 4 is 35.0 Å². The van der Waals surface area contributed by atoms with Gasteiger partial charge in [0, 0.05) is 25.1 Å². The van der Waals surface area contributed by atoms with Gasteiger partial charge in [-0.05, 0) is 23.8 Å². The molecule has 1 amide bonds. The number of carbonyl (C=O) groups excluding carboxylic acids is 1. The minimum atomic E-state index is -4.61. The van der Waals surface area contributed by atoms with E-state index < -0.39 is 27.9 Å². The third-order valence-electron chi connectivity index (χ3n) is 3.88. The van der Waals surface area contributed by atoms with E-state index in [1.165, 1.54) is 17.8 Å². The van der Waals surface area contributed by atoms with E-state index in [9.17, 15) is 18.0 Å². The zero-order valence-electron chi connectivity index (χ0n) is 14.6. The lowest BCUT2D eigenvalue weighted by Crippen LogP contribution is -2.20. The number of thioether (sulfide) groups is 1. The van der Waals surface area contributed by atoms with Gasteiger partial charge < -0.3 is 9.88 Å². The Labute approximate surface area is 168 Å². The van der Waals surface area contributed by atoms with Crippen LogP contribution in [0.25, 0.3) is 0 Å². The summed E-state index contributed by atoms with van der Waals surface area (Å²) in [7, 11) is 1.80. The first-order valence-corrected chi connectivity index (χ1v) is 9.38. The molecule has 0 spiro atoms. The molecule has 0 aliphatic carbocycles. The highest BCUT2D eigenvalue weighted by Crippen LogP contribution is 2.38. The van der Waals surface area contributed by atoms with Gasteiger partial charge in [0.25, 0.3) is 0 Å². The molecule has 1 heterocycles. The van der Waals surface area contributed by atoms with E-state index in [-0.39, 0.29) is 5.69 Å². The van der Waals surface area contributed by atoms with Crippen LogP contribution in [0.2, 0.25) is 5.02 Å². The van der Waals surface area contributed by atoms with Crippen LogP contribution < -0.4 is 5.32 Å². The number of hydrogen-bond acceptors (Lipinski definition) is 3. The van der Waals surface area contributed by atoms with Gasteiger partial charge in [0.1, 0.15) is 5.25 Å². The number of nitrogens with one attached hydrogen (secondary N) is 1. The molecule has 0 unspecified atom stereocenters. The Hall–Kier alpha value is -2.45. The van der Waals surface area contributed by atoms with Crippen molar-refractivity contribution in [2.45, 2.75) is 16.6 Å². The third-order valence-corrected chi connectivity index (χ3v) is 5.54. The highest BCUT2D eigenvalue weighted by Gasteiger charge is 2.33. The van der Waals surface area contributed by atoms with Crippen LogP contribution in [0.4, 0.5) is 18.9 Å². The van der Waals surface area contributed by atoms with Crippen molar-refractivity contribution in [3.63, 3.8) is 0 Å². The Morgan fingerprint density at radius 3 is 2.54 bits per heavy atom. The molecule has 0 radical (unpaired) electrons. The molecule has 1 atom stereocenters. The predicted octanol–water partition coefficient (Wildman–Crippen LogP) is 5.56. The molecule has 0 saturated carbocycles. The molecule has 28 heavy (non-hydrogen) atoms. The van der Waals surface area contributed by atoms with Gasteiger partial charge in [-0.1, -0.05) is 53.7 Å². The molecule has 0 saturated heterocycles. The fourth-order valence-electron chi connectivity index (χ4n) is 2.50. The summed E-state index contributed by atoms with van der Waals surface area (Å²) in [5.41, 5.74) is -0.277. The topological polar surface area (TPSA) is 46.9 Å². The maximum Gasteiger partial charge on any atom is 0.417 e. The molecule has 1 N–H and O–H groups in total. The highest BCUT2D eigenvalue weighted by molar-refractivity contribution is 8.00. The number of imidazole rings is 1. The average Bonchev–Trinajstić information content (AvgIpc) is 3.05. The van der Waals surface area contributed by atoms with Gasteiger partial charge in [0.05, 0.1) is 10.6 Å². The number of rotatable bonds is 5. The summed E-state index contributed by atoms with van der Waals surface area (Å²) in [5, 5.41) is 2.04. The van der Waals surface area contributed by atoms with Crippen molar-refractivity contribution in [2.75, 3.05) is 5.32 Å². The van der Waals surface area contributed by atoms with E-state index in [2.05, 4.69) is 10.3 Å². The van der Waals surface area contributed by atoms with Crippen LogP contribution in [0.15, 0.2) is 66.1 Å². The summed E-state index contributed by atoms with van der Waals surface area (Å²) in [6.07, 6.45) is -1.26. The fourth-order valence-corrected chi connectivity index (χ4v) is 3.74. The Morgan fingerprint density at radius 1 is 1.21 bits per heavy atom. The summed E-state index contributed by atoms with van der Waals surface area (Å²) in [5.74, 6) is -0.463. The second-order valence-corrected chi connectivity index (χ2v) is 7.39. The maximum atomic E-state index is 13.1. The number of anilines is 1. The molecule has 2 aromatic carbocycles. The van der Waals surface area contributed by atoms with Crippen molar-refractivity contribution in [1.29, 1.82) is 0 Å². The number of amides is 1. The van der Waals surface area contributed by atoms with E-state index in [1.54, 1.807) is 48.3 Å². The van der Waals surface area contributed by atoms with E-state index >= 15 is 0 Å². The molecule has 1 aromatic heterocycles. The smallest absolute Gasteiger partial charge is 0.329 e. The largest absolute Gasteiger partial charge is 0.417 e. The third kappa shape index (κ3) is 4.69.